The second-order valence-electron chi connectivity index (χ2n) is 5.91. The smallest absolute Gasteiger partial charge is 0.221 e. The zero-order valence-electron chi connectivity index (χ0n) is 13.5. The lowest BCUT2D eigenvalue weighted by atomic mass is 9.91. The third-order valence-electron chi connectivity index (χ3n) is 4.39. The van der Waals surface area contributed by atoms with Crippen molar-refractivity contribution in [1.82, 2.24) is 14.7 Å². The zero-order valence-corrected chi connectivity index (χ0v) is 13.5. The molecule has 5 heteroatoms. The van der Waals surface area contributed by atoms with Crippen molar-refractivity contribution in [3.8, 4) is 5.75 Å². The summed E-state index contributed by atoms with van der Waals surface area (Å²) in [5.41, 5.74) is 3.99. The molecule has 3 aromatic rings. The van der Waals surface area contributed by atoms with Gasteiger partial charge in [-0.15, -0.1) is 0 Å². The van der Waals surface area contributed by atoms with Crippen molar-refractivity contribution in [1.29, 1.82) is 0 Å². The molecule has 0 unspecified atom stereocenters. The molecule has 0 aliphatic carbocycles. The van der Waals surface area contributed by atoms with Crippen LogP contribution in [0.15, 0.2) is 48.7 Å². The molecular formula is C19H19N3O2. The SMILES string of the molecule is CCOc1cccc([C@H]2CC(=O)NCc3nc4ccccn4c32)c1. The normalized spacial score (nSPS) is 17.2. The first-order chi connectivity index (χ1) is 11.8. The molecule has 1 amide bonds. The average molecular weight is 321 g/mol. The van der Waals surface area contributed by atoms with E-state index >= 15 is 0 Å². The van der Waals surface area contributed by atoms with Gasteiger partial charge in [-0.05, 0) is 36.8 Å². The number of nitrogens with zero attached hydrogens (tertiary/aromatic N) is 2. The first kappa shape index (κ1) is 14.8. The first-order valence-electron chi connectivity index (χ1n) is 8.21. The van der Waals surface area contributed by atoms with Crippen LogP contribution in [0.2, 0.25) is 0 Å². The molecule has 4 rings (SSSR count). The lowest BCUT2D eigenvalue weighted by Gasteiger charge is -2.17. The Morgan fingerprint density at radius 1 is 1.29 bits per heavy atom. The maximum atomic E-state index is 12.2. The predicted octanol–water partition coefficient (Wildman–Crippen LogP) is 2.88. The van der Waals surface area contributed by atoms with Gasteiger partial charge >= 0.3 is 0 Å². The van der Waals surface area contributed by atoms with Crippen molar-refractivity contribution in [2.24, 2.45) is 0 Å². The number of nitrogens with one attached hydrogen (secondary N) is 1. The predicted molar refractivity (Wildman–Crippen MR) is 91.1 cm³/mol. The fourth-order valence-electron chi connectivity index (χ4n) is 3.36. The Morgan fingerprint density at radius 3 is 3.08 bits per heavy atom. The highest BCUT2D eigenvalue weighted by atomic mass is 16.5. The number of benzene rings is 1. The number of imidazole rings is 1. The van der Waals surface area contributed by atoms with E-state index < -0.39 is 0 Å². The van der Waals surface area contributed by atoms with Crippen LogP contribution in [0.4, 0.5) is 0 Å². The molecule has 0 radical (unpaired) electrons. The lowest BCUT2D eigenvalue weighted by Crippen LogP contribution is -2.21. The molecule has 1 aliphatic heterocycles. The summed E-state index contributed by atoms with van der Waals surface area (Å²) in [5.74, 6) is 0.833. The Bertz CT molecular complexity index is 901. The molecule has 0 spiro atoms. The molecule has 0 saturated heterocycles. The summed E-state index contributed by atoms with van der Waals surface area (Å²) in [6.07, 6.45) is 2.42. The second-order valence-corrected chi connectivity index (χ2v) is 5.91. The van der Waals surface area contributed by atoms with E-state index in [1.807, 2.05) is 49.5 Å². The number of hydrogen-bond acceptors (Lipinski definition) is 3. The van der Waals surface area contributed by atoms with Gasteiger partial charge in [0.25, 0.3) is 0 Å². The van der Waals surface area contributed by atoms with Crippen LogP contribution in [0.5, 0.6) is 5.75 Å². The zero-order chi connectivity index (χ0) is 16.5. The van der Waals surface area contributed by atoms with Gasteiger partial charge in [0, 0.05) is 18.5 Å². The van der Waals surface area contributed by atoms with Gasteiger partial charge in [-0.2, -0.15) is 0 Å². The van der Waals surface area contributed by atoms with Crippen molar-refractivity contribution >= 4 is 11.6 Å². The number of aromatic nitrogens is 2. The summed E-state index contributed by atoms with van der Waals surface area (Å²) in [6, 6.07) is 14.0. The average Bonchev–Trinajstić information content (AvgIpc) is 2.88. The van der Waals surface area contributed by atoms with Crippen molar-refractivity contribution in [3.05, 3.63) is 65.6 Å². The van der Waals surface area contributed by atoms with Crippen molar-refractivity contribution < 1.29 is 9.53 Å². The maximum Gasteiger partial charge on any atom is 0.221 e. The Hall–Kier alpha value is -2.82. The minimum Gasteiger partial charge on any atom is -0.494 e. The Kier molecular flexibility index (Phi) is 3.69. The van der Waals surface area contributed by atoms with Crippen LogP contribution in [0.1, 0.15) is 36.2 Å². The van der Waals surface area contributed by atoms with Crippen LogP contribution < -0.4 is 10.1 Å². The van der Waals surface area contributed by atoms with E-state index in [0.717, 1.165) is 28.3 Å². The minimum absolute atomic E-state index is 0.0414. The summed E-state index contributed by atoms with van der Waals surface area (Å²) in [7, 11) is 0. The van der Waals surface area contributed by atoms with Gasteiger partial charge in [0.05, 0.1) is 24.5 Å². The summed E-state index contributed by atoms with van der Waals surface area (Å²) in [4.78, 5) is 16.9. The number of carbonyl (C=O) groups excluding carboxylic acids is 1. The summed E-state index contributed by atoms with van der Waals surface area (Å²) < 4.78 is 7.72. The van der Waals surface area contributed by atoms with E-state index in [2.05, 4.69) is 15.8 Å². The topological polar surface area (TPSA) is 55.6 Å². The lowest BCUT2D eigenvalue weighted by molar-refractivity contribution is -0.121. The van der Waals surface area contributed by atoms with E-state index in [0.29, 0.717) is 19.6 Å². The van der Waals surface area contributed by atoms with Crippen LogP contribution in [0, 0.1) is 0 Å². The van der Waals surface area contributed by atoms with Gasteiger partial charge in [-0.25, -0.2) is 4.98 Å². The third kappa shape index (κ3) is 2.52. The molecule has 24 heavy (non-hydrogen) atoms. The van der Waals surface area contributed by atoms with Crippen molar-refractivity contribution in [2.75, 3.05) is 6.61 Å². The summed E-state index contributed by atoms with van der Waals surface area (Å²) in [5, 5.41) is 2.96. The number of ether oxygens (including phenoxy) is 1. The first-order valence-corrected chi connectivity index (χ1v) is 8.21. The third-order valence-corrected chi connectivity index (χ3v) is 4.39. The molecule has 0 fully saturated rings. The molecule has 1 atom stereocenters. The van der Waals surface area contributed by atoms with Crippen LogP contribution >= 0.6 is 0 Å². The van der Waals surface area contributed by atoms with Gasteiger partial charge < -0.3 is 14.5 Å². The van der Waals surface area contributed by atoms with Gasteiger partial charge in [0.15, 0.2) is 0 Å². The molecule has 2 aromatic heterocycles. The van der Waals surface area contributed by atoms with Crippen LogP contribution in [0.3, 0.4) is 0 Å². The Labute approximate surface area is 140 Å². The Morgan fingerprint density at radius 2 is 2.21 bits per heavy atom. The fourth-order valence-corrected chi connectivity index (χ4v) is 3.36. The molecule has 0 bridgehead atoms. The van der Waals surface area contributed by atoms with Crippen LogP contribution in [-0.2, 0) is 11.3 Å². The Balaban J connectivity index is 1.88. The highest BCUT2D eigenvalue weighted by Gasteiger charge is 2.28. The largest absolute Gasteiger partial charge is 0.494 e. The summed E-state index contributed by atoms with van der Waals surface area (Å²) >= 11 is 0. The molecule has 1 aliphatic rings. The molecule has 0 saturated carbocycles. The number of hydrogen-bond donors (Lipinski definition) is 1. The molecule has 1 N–H and O–H groups in total. The number of amides is 1. The second kappa shape index (κ2) is 6.00. The molecule has 122 valence electrons. The molecule has 5 nitrogen and oxygen atoms in total. The van der Waals surface area contributed by atoms with Crippen molar-refractivity contribution in [3.63, 3.8) is 0 Å². The van der Waals surface area contributed by atoms with E-state index in [1.54, 1.807) is 0 Å². The molecular weight excluding hydrogens is 302 g/mol. The van der Waals surface area contributed by atoms with E-state index in [4.69, 9.17) is 9.72 Å². The van der Waals surface area contributed by atoms with Gasteiger partial charge in [-0.3, -0.25) is 4.79 Å². The van der Waals surface area contributed by atoms with Gasteiger partial charge in [-0.1, -0.05) is 18.2 Å². The highest BCUT2D eigenvalue weighted by molar-refractivity contribution is 5.78. The van der Waals surface area contributed by atoms with Crippen molar-refractivity contribution in [2.45, 2.75) is 25.8 Å². The van der Waals surface area contributed by atoms with E-state index in [1.165, 1.54) is 0 Å². The maximum absolute atomic E-state index is 12.2. The highest BCUT2D eigenvalue weighted by Crippen LogP contribution is 2.34. The van der Waals surface area contributed by atoms with Crippen LogP contribution in [0.25, 0.3) is 5.65 Å². The quantitative estimate of drug-likeness (QED) is 0.807. The van der Waals surface area contributed by atoms with E-state index in [9.17, 15) is 4.79 Å². The van der Waals surface area contributed by atoms with Gasteiger partial charge in [0.1, 0.15) is 11.4 Å². The number of pyridine rings is 1. The molecule has 3 heterocycles. The summed E-state index contributed by atoms with van der Waals surface area (Å²) in [6.45, 7) is 3.06. The monoisotopic (exact) mass is 321 g/mol. The number of fused-ring (bicyclic) bond motifs is 3. The standard InChI is InChI=1S/C19H19N3O2/c1-2-24-14-7-5-6-13(10-14)15-11-18(23)20-12-16-19(15)22-9-4-3-8-17(22)21-16/h3-10,15H,2,11-12H2,1H3,(H,20,23)/t15-/m1/s1. The van der Waals surface area contributed by atoms with Gasteiger partial charge in [0.2, 0.25) is 5.91 Å². The number of carbonyl (C=O) groups is 1. The minimum atomic E-state index is -0.0414. The van der Waals surface area contributed by atoms with E-state index in [-0.39, 0.29) is 11.8 Å². The fraction of sp³-hybridized carbons (Fsp3) is 0.263. The van der Waals surface area contributed by atoms with Crippen LogP contribution in [-0.4, -0.2) is 21.9 Å². The number of rotatable bonds is 3. The molecule has 1 aromatic carbocycles.